The smallest absolute Gasteiger partial charge is 0.254 e. The van der Waals surface area contributed by atoms with Crippen molar-refractivity contribution in [3.05, 3.63) is 27.4 Å². The average Bonchev–Trinajstić information content (AvgIpc) is 2.11. The minimum atomic E-state index is 0.00954. The fourth-order valence-corrected chi connectivity index (χ4v) is 1.33. The van der Waals surface area contributed by atoms with Crippen LogP contribution in [0.2, 0.25) is 0 Å². The average molecular weight is 180 g/mol. The summed E-state index contributed by atoms with van der Waals surface area (Å²) in [5, 5.41) is 0. The summed E-state index contributed by atoms with van der Waals surface area (Å²) in [5.41, 5.74) is 1.69. The second-order valence-electron chi connectivity index (χ2n) is 3.19. The highest BCUT2D eigenvalue weighted by molar-refractivity contribution is 5.15. The quantitative estimate of drug-likeness (QED) is 0.767. The molecule has 1 rings (SSSR count). The lowest BCUT2D eigenvalue weighted by atomic mass is 10.2. The largest absolute Gasteiger partial charge is 0.310 e. The van der Waals surface area contributed by atoms with Crippen molar-refractivity contribution in [1.82, 2.24) is 9.97 Å². The maximum Gasteiger partial charge on any atom is 0.254 e. The molecule has 1 aromatic heterocycles. The number of aromatic amines is 1. The molecular formula is C10H16N2O. The number of nitrogens with zero attached hydrogens (tertiary/aromatic N) is 1. The number of H-pyrrole nitrogens is 1. The molecule has 0 aliphatic carbocycles. The van der Waals surface area contributed by atoms with Crippen molar-refractivity contribution in [2.24, 2.45) is 0 Å². The molecule has 1 aromatic rings. The van der Waals surface area contributed by atoms with Gasteiger partial charge in [-0.1, -0.05) is 13.8 Å². The van der Waals surface area contributed by atoms with Crippen molar-refractivity contribution >= 4 is 0 Å². The Bertz CT molecular complexity index is 341. The molecule has 3 nitrogen and oxygen atoms in total. The van der Waals surface area contributed by atoms with E-state index in [1.165, 1.54) is 0 Å². The zero-order valence-electron chi connectivity index (χ0n) is 8.48. The summed E-state index contributed by atoms with van der Waals surface area (Å²) in [6.07, 6.45) is 2.68. The van der Waals surface area contributed by atoms with Gasteiger partial charge < -0.3 is 4.98 Å². The Kier molecular flexibility index (Phi) is 3.23. The third-order valence-electron chi connectivity index (χ3n) is 2.12. The number of rotatable bonds is 3. The standard InChI is InChI=1S/C10H16N2O/c1-4-6-9-11-8(5-2)7(3)10(13)12-9/h4-6H2,1-3H3,(H,11,12,13). The van der Waals surface area contributed by atoms with Gasteiger partial charge in [0.15, 0.2) is 0 Å². The fraction of sp³-hybridized carbons (Fsp3) is 0.600. The van der Waals surface area contributed by atoms with Gasteiger partial charge in [-0.25, -0.2) is 4.98 Å². The minimum Gasteiger partial charge on any atom is -0.310 e. The van der Waals surface area contributed by atoms with Gasteiger partial charge in [0.2, 0.25) is 0 Å². The summed E-state index contributed by atoms with van der Waals surface area (Å²) in [5.74, 6) is 0.815. The van der Waals surface area contributed by atoms with Crippen LogP contribution in [0.5, 0.6) is 0 Å². The minimum absolute atomic E-state index is 0.00954. The van der Waals surface area contributed by atoms with Crippen LogP contribution in [0.3, 0.4) is 0 Å². The summed E-state index contributed by atoms with van der Waals surface area (Å²) < 4.78 is 0. The van der Waals surface area contributed by atoms with E-state index in [0.717, 1.165) is 36.3 Å². The Hall–Kier alpha value is -1.12. The summed E-state index contributed by atoms with van der Waals surface area (Å²) in [4.78, 5) is 18.6. The predicted octanol–water partition coefficient (Wildman–Crippen LogP) is 1.59. The molecule has 72 valence electrons. The second-order valence-corrected chi connectivity index (χ2v) is 3.19. The lowest BCUT2D eigenvalue weighted by molar-refractivity contribution is 0.795. The van der Waals surface area contributed by atoms with Gasteiger partial charge >= 0.3 is 0 Å². The SMILES string of the molecule is CCCc1nc(CC)c(C)c(=O)[nH]1. The molecule has 0 amide bonds. The molecule has 0 radical (unpaired) electrons. The summed E-state index contributed by atoms with van der Waals surface area (Å²) in [6.45, 7) is 5.91. The molecule has 0 saturated heterocycles. The van der Waals surface area contributed by atoms with E-state index in [9.17, 15) is 4.79 Å². The van der Waals surface area contributed by atoms with Gasteiger partial charge in [-0.2, -0.15) is 0 Å². The van der Waals surface area contributed by atoms with Crippen LogP contribution in [0.15, 0.2) is 4.79 Å². The topological polar surface area (TPSA) is 45.8 Å². The molecule has 0 aromatic carbocycles. The molecule has 0 spiro atoms. The van der Waals surface area contributed by atoms with Gasteiger partial charge in [-0.05, 0) is 19.8 Å². The molecule has 0 aliphatic heterocycles. The predicted molar refractivity (Wildman–Crippen MR) is 53.0 cm³/mol. The molecule has 0 fully saturated rings. The highest BCUT2D eigenvalue weighted by Crippen LogP contribution is 2.01. The van der Waals surface area contributed by atoms with Gasteiger partial charge in [0.25, 0.3) is 5.56 Å². The van der Waals surface area contributed by atoms with E-state index < -0.39 is 0 Å². The van der Waals surface area contributed by atoms with Crippen LogP contribution < -0.4 is 5.56 Å². The summed E-state index contributed by atoms with van der Waals surface area (Å²) >= 11 is 0. The highest BCUT2D eigenvalue weighted by Gasteiger charge is 2.04. The maximum atomic E-state index is 11.4. The first-order chi connectivity index (χ1) is 6.19. The molecule has 1 N–H and O–H groups in total. The maximum absolute atomic E-state index is 11.4. The summed E-state index contributed by atoms with van der Waals surface area (Å²) in [7, 11) is 0. The molecule has 0 aliphatic rings. The fourth-order valence-electron chi connectivity index (χ4n) is 1.33. The van der Waals surface area contributed by atoms with Crippen LogP contribution >= 0.6 is 0 Å². The Balaban J connectivity index is 3.14. The van der Waals surface area contributed by atoms with Crippen LogP contribution in [-0.2, 0) is 12.8 Å². The highest BCUT2D eigenvalue weighted by atomic mass is 16.1. The third-order valence-corrected chi connectivity index (χ3v) is 2.12. The van der Waals surface area contributed by atoms with E-state index in [2.05, 4.69) is 16.9 Å². The normalized spacial score (nSPS) is 10.4. The van der Waals surface area contributed by atoms with Gasteiger partial charge in [-0.15, -0.1) is 0 Å². The van der Waals surface area contributed by atoms with Crippen LogP contribution in [0.4, 0.5) is 0 Å². The summed E-state index contributed by atoms with van der Waals surface area (Å²) in [6, 6.07) is 0. The molecule has 0 saturated carbocycles. The first-order valence-corrected chi connectivity index (χ1v) is 4.77. The van der Waals surface area contributed by atoms with E-state index in [1.807, 2.05) is 13.8 Å². The first kappa shape index (κ1) is 9.96. The van der Waals surface area contributed by atoms with E-state index in [-0.39, 0.29) is 5.56 Å². The van der Waals surface area contributed by atoms with Crippen LogP contribution in [-0.4, -0.2) is 9.97 Å². The number of aromatic nitrogens is 2. The van der Waals surface area contributed by atoms with Gasteiger partial charge in [0.05, 0.1) is 5.69 Å². The molecule has 0 bridgehead atoms. The molecule has 13 heavy (non-hydrogen) atoms. The van der Waals surface area contributed by atoms with E-state index >= 15 is 0 Å². The zero-order valence-corrected chi connectivity index (χ0v) is 8.48. The van der Waals surface area contributed by atoms with Crippen LogP contribution in [0.25, 0.3) is 0 Å². The first-order valence-electron chi connectivity index (χ1n) is 4.77. The number of hydrogen-bond acceptors (Lipinski definition) is 2. The Morgan fingerprint density at radius 3 is 2.62 bits per heavy atom. The number of aryl methyl sites for hydroxylation is 2. The van der Waals surface area contributed by atoms with Crippen molar-refractivity contribution in [3.63, 3.8) is 0 Å². The van der Waals surface area contributed by atoms with E-state index in [4.69, 9.17) is 0 Å². The molecule has 3 heteroatoms. The third kappa shape index (κ3) is 2.17. The van der Waals surface area contributed by atoms with Crippen molar-refractivity contribution in [1.29, 1.82) is 0 Å². The van der Waals surface area contributed by atoms with Gasteiger partial charge in [0, 0.05) is 12.0 Å². The van der Waals surface area contributed by atoms with Gasteiger partial charge in [0.1, 0.15) is 5.82 Å². The van der Waals surface area contributed by atoms with E-state index in [0.29, 0.717) is 0 Å². The Morgan fingerprint density at radius 1 is 1.38 bits per heavy atom. The Labute approximate surface area is 78.2 Å². The Morgan fingerprint density at radius 2 is 2.08 bits per heavy atom. The molecule has 0 unspecified atom stereocenters. The van der Waals surface area contributed by atoms with Crippen molar-refractivity contribution in [2.75, 3.05) is 0 Å². The molecule has 1 heterocycles. The molecule has 0 atom stereocenters. The number of hydrogen-bond donors (Lipinski definition) is 1. The molecular weight excluding hydrogens is 164 g/mol. The van der Waals surface area contributed by atoms with E-state index in [1.54, 1.807) is 0 Å². The van der Waals surface area contributed by atoms with Crippen LogP contribution in [0.1, 0.15) is 37.4 Å². The lowest BCUT2D eigenvalue weighted by Gasteiger charge is -2.04. The van der Waals surface area contributed by atoms with Crippen LogP contribution in [0, 0.1) is 6.92 Å². The van der Waals surface area contributed by atoms with Crippen molar-refractivity contribution < 1.29 is 0 Å². The van der Waals surface area contributed by atoms with Crippen molar-refractivity contribution in [2.45, 2.75) is 40.0 Å². The lowest BCUT2D eigenvalue weighted by Crippen LogP contribution is -2.17. The second kappa shape index (κ2) is 4.21. The monoisotopic (exact) mass is 180 g/mol. The van der Waals surface area contributed by atoms with Gasteiger partial charge in [-0.3, -0.25) is 4.79 Å². The zero-order chi connectivity index (χ0) is 9.84. The van der Waals surface area contributed by atoms with Crippen molar-refractivity contribution in [3.8, 4) is 0 Å². The number of nitrogens with one attached hydrogen (secondary N) is 1.